The average molecular weight is 318 g/mol. The van der Waals surface area contributed by atoms with Gasteiger partial charge in [-0.1, -0.05) is 12.1 Å². The molecule has 0 amide bonds. The zero-order chi connectivity index (χ0) is 15.8. The van der Waals surface area contributed by atoms with Crippen molar-refractivity contribution in [1.82, 2.24) is 25.4 Å². The number of rotatable bonds is 6. The molecular weight excluding hydrogens is 296 g/mol. The Kier molecular flexibility index (Phi) is 6.27. The van der Waals surface area contributed by atoms with Gasteiger partial charge in [0.2, 0.25) is 0 Å². The van der Waals surface area contributed by atoms with E-state index in [9.17, 15) is 0 Å². The number of nitrogens with zero attached hydrogens (tertiary/aromatic N) is 4. The van der Waals surface area contributed by atoms with Crippen molar-refractivity contribution in [3.8, 4) is 0 Å². The van der Waals surface area contributed by atoms with E-state index in [-0.39, 0.29) is 0 Å². The van der Waals surface area contributed by atoms with Crippen LogP contribution < -0.4 is 10.6 Å². The molecule has 2 rings (SSSR count). The minimum absolute atomic E-state index is 0.591. The third-order valence-corrected chi connectivity index (χ3v) is 3.89. The van der Waals surface area contributed by atoms with Crippen LogP contribution in [0.15, 0.2) is 40.5 Å². The summed E-state index contributed by atoms with van der Waals surface area (Å²) in [4.78, 5) is 10.1. The Labute approximate surface area is 135 Å². The van der Waals surface area contributed by atoms with Crippen LogP contribution in [-0.2, 0) is 20.1 Å². The molecule has 1 aromatic carbocycles. The van der Waals surface area contributed by atoms with Crippen molar-refractivity contribution < 1.29 is 0 Å². The number of aromatic nitrogens is 3. The summed E-state index contributed by atoms with van der Waals surface area (Å²) < 4.78 is 1.75. The zero-order valence-electron chi connectivity index (χ0n) is 13.2. The van der Waals surface area contributed by atoms with Gasteiger partial charge in [0.25, 0.3) is 0 Å². The summed E-state index contributed by atoms with van der Waals surface area (Å²) in [5.41, 5.74) is 1.19. The third kappa shape index (κ3) is 4.77. The predicted molar refractivity (Wildman–Crippen MR) is 90.9 cm³/mol. The average Bonchev–Trinajstić information content (AvgIpc) is 2.96. The Morgan fingerprint density at radius 2 is 2.05 bits per heavy atom. The van der Waals surface area contributed by atoms with Crippen LogP contribution in [0.4, 0.5) is 0 Å². The molecule has 0 radical (unpaired) electrons. The van der Waals surface area contributed by atoms with Crippen LogP contribution >= 0.6 is 11.8 Å². The van der Waals surface area contributed by atoms with Crippen molar-refractivity contribution in [2.75, 3.05) is 12.8 Å². The molecule has 1 heterocycles. The second-order valence-corrected chi connectivity index (χ2v) is 5.58. The standard InChI is InChI=1S/C15H22N6S/c1-4-16-15(18-10-14-19-11-20-21(14)2)17-9-12-5-7-13(22-3)8-6-12/h5-8,11H,4,9-10H2,1-3H3,(H2,16,17,18). The van der Waals surface area contributed by atoms with Gasteiger partial charge in [-0.15, -0.1) is 11.8 Å². The first-order valence-electron chi connectivity index (χ1n) is 7.21. The molecule has 0 spiro atoms. The molecule has 0 bridgehead atoms. The molecule has 6 nitrogen and oxygen atoms in total. The summed E-state index contributed by atoms with van der Waals surface area (Å²) in [6, 6.07) is 8.47. The van der Waals surface area contributed by atoms with E-state index < -0.39 is 0 Å². The highest BCUT2D eigenvalue weighted by Crippen LogP contribution is 2.15. The molecule has 0 unspecified atom stereocenters. The Hall–Kier alpha value is -2.02. The van der Waals surface area contributed by atoms with Crippen LogP contribution in [-0.4, -0.2) is 33.5 Å². The Morgan fingerprint density at radius 1 is 1.27 bits per heavy atom. The van der Waals surface area contributed by atoms with Gasteiger partial charge in [0.05, 0.1) is 13.1 Å². The molecule has 0 aliphatic heterocycles. The number of hydrogen-bond acceptors (Lipinski definition) is 4. The Morgan fingerprint density at radius 3 is 2.64 bits per heavy atom. The molecule has 0 aliphatic carbocycles. The minimum atomic E-state index is 0.591. The zero-order valence-corrected chi connectivity index (χ0v) is 14.0. The first kappa shape index (κ1) is 16.4. The van der Waals surface area contributed by atoms with Crippen LogP contribution in [0.25, 0.3) is 0 Å². The summed E-state index contributed by atoms with van der Waals surface area (Å²) in [5.74, 6) is 1.65. The first-order valence-corrected chi connectivity index (χ1v) is 8.43. The molecule has 2 N–H and O–H groups in total. The highest BCUT2D eigenvalue weighted by Gasteiger charge is 2.02. The molecule has 2 aromatic rings. The van der Waals surface area contributed by atoms with Crippen molar-refractivity contribution in [1.29, 1.82) is 0 Å². The summed E-state index contributed by atoms with van der Waals surface area (Å²) >= 11 is 1.74. The van der Waals surface area contributed by atoms with Crippen LogP contribution in [0.5, 0.6) is 0 Å². The van der Waals surface area contributed by atoms with E-state index >= 15 is 0 Å². The maximum atomic E-state index is 4.60. The Bertz CT molecular complexity index is 605. The van der Waals surface area contributed by atoms with Gasteiger partial charge in [0.15, 0.2) is 5.96 Å². The largest absolute Gasteiger partial charge is 0.357 e. The highest BCUT2D eigenvalue weighted by atomic mass is 32.2. The van der Waals surface area contributed by atoms with Crippen molar-refractivity contribution in [2.45, 2.75) is 24.9 Å². The smallest absolute Gasteiger partial charge is 0.191 e. The van der Waals surface area contributed by atoms with Crippen LogP contribution in [0.3, 0.4) is 0 Å². The lowest BCUT2D eigenvalue weighted by molar-refractivity contribution is 0.673. The molecule has 1 aromatic heterocycles. The second kappa shape index (κ2) is 8.43. The van der Waals surface area contributed by atoms with Crippen molar-refractivity contribution in [3.05, 3.63) is 42.0 Å². The number of guanidine groups is 1. The van der Waals surface area contributed by atoms with Gasteiger partial charge in [-0.2, -0.15) is 5.10 Å². The van der Waals surface area contributed by atoms with Crippen molar-refractivity contribution >= 4 is 17.7 Å². The van der Waals surface area contributed by atoms with Gasteiger partial charge in [-0.05, 0) is 30.9 Å². The van der Waals surface area contributed by atoms with Gasteiger partial charge in [0, 0.05) is 18.5 Å². The summed E-state index contributed by atoms with van der Waals surface area (Å²) in [7, 11) is 1.88. The molecule has 7 heteroatoms. The number of aliphatic imine (C=N–C) groups is 1. The van der Waals surface area contributed by atoms with E-state index in [0.29, 0.717) is 13.1 Å². The van der Waals surface area contributed by atoms with E-state index in [2.05, 4.69) is 56.2 Å². The van der Waals surface area contributed by atoms with Crippen molar-refractivity contribution in [2.24, 2.45) is 12.0 Å². The second-order valence-electron chi connectivity index (χ2n) is 4.70. The van der Waals surface area contributed by atoms with E-state index in [1.165, 1.54) is 10.5 Å². The molecule has 0 saturated carbocycles. The fourth-order valence-corrected chi connectivity index (χ4v) is 2.29. The minimum Gasteiger partial charge on any atom is -0.357 e. The van der Waals surface area contributed by atoms with Gasteiger partial charge < -0.3 is 10.6 Å². The van der Waals surface area contributed by atoms with E-state index in [4.69, 9.17) is 0 Å². The first-order chi connectivity index (χ1) is 10.7. The maximum absolute atomic E-state index is 4.60. The predicted octanol–water partition coefficient (Wildman–Crippen LogP) is 1.79. The summed E-state index contributed by atoms with van der Waals surface area (Å²) in [5, 5.41) is 10.6. The van der Waals surface area contributed by atoms with Crippen LogP contribution in [0.2, 0.25) is 0 Å². The molecule has 118 valence electrons. The van der Waals surface area contributed by atoms with Crippen LogP contribution in [0, 0.1) is 0 Å². The number of aryl methyl sites for hydroxylation is 1. The molecule has 0 fully saturated rings. The van der Waals surface area contributed by atoms with Gasteiger partial charge in [-0.25, -0.2) is 9.98 Å². The highest BCUT2D eigenvalue weighted by molar-refractivity contribution is 7.98. The van der Waals surface area contributed by atoms with Crippen LogP contribution in [0.1, 0.15) is 18.3 Å². The molecule has 0 atom stereocenters. The van der Waals surface area contributed by atoms with Gasteiger partial charge in [0.1, 0.15) is 12.2 Å². The molecule has 0 saturated heterocycles. The fraction of sp³-hybridized carbons (Fsp3) is 0.400. The fourth-order valence-electron chi connectivity index (χ4n) is 1.89. The Balaban J connectivity index is 1.95. The maximum Gasteiger partial charge on any atom is 0.191 e. The quantitative estimate of drug-likeness (QED) is 0.483. The lowest BCUT2D eigenvalue weighted by Gasteiger charge is -2.11. The number of nitrogens with one attached hydrogen (secondary N) is 2. The van der Waals surface area contributed by atoms with Gasteiger partial charge >= 0.3 is 0 Å². The number of benzene rings is 1. The normalized spacial score (nSPS) is 11.5. The van der Waals surface area contributed by atoms with Crippen molar-refractivity contribution in [3.63, 3.8) is 0 Å². The molecule has 0 aliphatic rings. The third-order valence-electron chi connectivity index (χ3n) is 3.14. The lowest BCUT2D eigenvalue weighted by atomic mass is 10.2. The summed E-state index contributed by atoms with van der Waals surface area (Å²) in [6.45, 7) is 4.10. The molecular formula is C15H22N6S. The van der Waals surface area contributed by atoms with E-state index in [0.717, 1.165) is 18.3 Å². The SMILES string of the molecule is CCNC(=NCc1ccc(SC)cc1)NCc1ncnn1C. The molecule has 22 heavy (non-hydrogen) atoms. The summed E-state index contributed by atoms with van der Waals surface area (Å²) in [6.07, 6.45) is 3.63. The number of thioether (sulfide) groups is 1. The number of hydrogen-bond donors (Lipinski definition) is 2. The van der Waals surface area contributed by atoms with E-state index in [1.54, 1.807) is 22.8 Å². The topological polar surface area (TPSA) is 67.1 Å². The lowest BCUT2D eigenvalue weighted by Crippen LogP contribution is -2.37. The van der Waals surface area contributed by atoms with Gasteiger partial charge in [-0.3, -0.25) is 4.68 Å². The monoisotopic (exact) mass is 318 g/mol. The van der Waals surface area contributed by atoms with E-state index in [1.807, 2.05) is 14.0 Å².